The summed E-state index contributed by atoms with van der Waals surface area (Å²) in [6.45, 7) is 1.67. The molecule has 0 saturated carbocycles. The van der Waals surface area contributed by atoms with Crippen molar-refractivity contribution in [3.8, 4) is 0 Å². The topological polar surface area (TPSA) is 32.3 Å². The van der Waals surface area contributed by atoms with E-state index in [-0.39, 0.29) is 12.3 Å². The van der Waals surface area contributed by atoms with Crippen LogP contribution in [0.3, 0.4) is 0 Å². The maximum Gasteiger partial charge on any atom is 0.225 e. The van der Waals surface area contributed by atoms with Gasteiger partial charge >= 0.3 is 0 Å². The smallest absolute Gasteiger partial charge is 0.225 e. The van der Waals surface area contributed by atoms with Gasteiger partial charge in [-0.05, 0) is 18.4 Å². The third-order valence-corrected chi connectivity index (χ3v) is 4.44. The predicted octanol–water partition coefficient (Wildman–Crippen LogP) is 3.92. The Balaban J connectivity index is 2.01. The fraction of sp³-hybridized carbons (Fsp3) is 0.562. The lowest BCUT2D eigenvalue weighted by Crippen LogP contribution is -2.56. The standard InChI is InChI=1S/C16H21Cl3N2O/c17-16(18,19)15(21-10-6-1-2-7-11-21)20-14(22)12-13-8-4-3-5-9-13/h3-5,8-9,15H,1-2,6-7,10-12H2,(H,20,22)/t15-/m0/s1. The molecule has 0 aliphatic carbocycles. The van der Waals surface area contributed by atoms with Crippen molar-refractivity contribution in [2.24, 2.45) is 0 Å². The summed E-state index contributed by atoms with van der Waals surface area (Å²) in [6, 6.07) is 9.56. The number of halogens is 3. The SMILES string of the molecule is O=C(Cc1ccccc1)N[C@@H](N1CCCCCC1)C(Cl)(Cl)Cl. The molecule has 0 spiro atoms. The number of nitrogens with zero attached hydrogens (tertiary/aromatic N) is 1. The number of amides is 1. The lowest BCUT2D eigenvalue weighted by molar-refractivity contribution is -0.122. The van der Waals surface area contributed by atoms with Gasteiger partial charge < -0.3 is 5.32 Å². The first-order valence-electron chi connectivity index (χ1n) is 7.61. The summed E-state index contributed by atoms with van der Waals surface area (Å²) in [5.41, 5.74) is 0.943. The van der Waals surface area contributed by atoms with Crippen LogP contribution in [0.15, 0.2) is 30.3 Å². The highest BCUT2D eigenvalue weighted by Gasteiger charge is 2.38. The van der Waals surface area contributed by atoms with Crippen LogP contribution in [0.1, 0.15) is 31.2 Å². The first-order chi connectivity index (χ1) is 10.5. The molecule has 6 heteroatoms. The molecule has 1 fully saturated rings. The summed E-state index contributed by atoms with van der Waals surface area (Å²) < 4.78 is -1.54. The quantitative estimate of drug-likeness (QED) is 0.822. The third kappa shape index (κ3) is 5.62. The zero-order valence-electron chi connectivity index (χ0n) is 12.4. The van der Waals surface area contributed by atoms with Crippen molar-refractivity contribution in [1.82, 2.24) is 10.2 Å². The van der Waals surface area contributed by atoms with Crippen molar-refractivity contribution >= 4 is 40.7 Å². The molecule has 0 aromatic heterocycles. The zero-order valence-corrected chi connectivity index (χ0v) is 14.7. The van der Waals surface area contributed by atoms with E-state index in [1.165, 1.54) is 12.8 Å². The monoisotopic (exact) mass is 362 g/mol. The Morgan fingerprint density at radius 1 is 1.09 bits per heavy atom. The van der Waals surface area contributed by atoms with Gasteiger partial charge in [0.2, 0.25) is 9.70 Å². The van der Waals surface area contributed by atoms with Gasteiger partial charge in [-0.3, -0.25) is 9.69 Å². The Morgan fingerprint density at radius 3 is 2.23 bits per heavy atom. The van der Waals surface area contributed by atoms with Crippen molar-refractivity contribution in [3.63, 3.8) is 0 Å². The normalized spacial score (nSPS) is 18.5. The van der Waals surface area contributed by atoms with Gasteiger partial charge in [0.15, 0.2) is 0 Å². The summed E-state index contributed by atoms with van der Waals surface area (Å²) in [6.07, 6.45) is 4.18. The number of alkyl halides is 3. The number of nitrogens with one attached hydrogen (secondary N) is 1. The molecule has 1 atom stereocenters. The maximum atomic E-state index is 12.3. The summed E-state index contributed by atoms with van der Waals surface area (Å²) in [5.74, 6) is -0.133. The van der Waals surface area contributed by atoms with E-state index in [1.54, 1.807) is 0 Å². The first kappa shape index (κ1) is 17.9. The average Bonchev–Trinajstić information content (AvgIpc) is 2.73. The number of carbonyl (C=O) groups excluding carboxylic acids is 1. The molecule has 0 bridgehead atoms. The Morgan fingerprint density at radius 2 is 1.68 bits per heavy atom. The number of hydrogen-bond acceptors (Lipinski definition) is 2. The van der Waals surface area contributed by atoms with E-state index in [1.807, 2.05) is 30.3 Å². The molecular formula is C16H21Cl3N2O. The molecule has 2 rings (SSSR count). The number of benzene rings is 1. The Kier molecular flexibility index (Phi) is 6.82. The van der Waals surface area contributed by atoms with Crippen LogP contribution in [0.5, 0.6) is 0 Å². The average molecular weight is 364 g/mol. The van der Waals surface area contributed by atoms with Gasteiger partial charge in [-0.25, -0.2) is 0 Å². The van der Waals surface area contributed by atoms with Gasteiger partial charge in [0.25, 0.3) is 0 Å². The second-order valence-electron chi connectivity index (χ2n) is 5.62. The molecule has 1 aliphatic rings. The van der Waals surface area contributed by atoms with E-state index in [9.17, 15) is 4.79 Å². The minimum absolute atomic E-state index is 0.133. The molecule has 0 radical (unpaired) electrons. The van der Waals surface area contributed by atoms with Gasteiger partial charge in [0.1, 0.15) is 6.17 Å². The van der Waals surface area contributed by atoms with Gasteiger partial charge in [-0.15, -0.1) is 0 Å². The van der Waals surface area contributed by atoms with Crippen LogP contribution in [0, 0.1) is 0 Å². The molecule has 1 saturated heterocycles. The molecule has 22 heavy (non-hydrogen) atoms. The summed E-state index contributed by atoms with van der Waals surface area (Å²) in [4.78, 5) is 14.4. The highest BCUT2D eigenvalue weighted by atomic mass is 35.6. The minimum Gasteiger partial charge on any atom is -0.336 e. The molecule has 1 heterocycles. The molecule has 1 aromatic carbocycles. The van der Waals surface area contributed by atoms with E-state index in [4.69, 9.17) is 34.8 Å². The molecular weight excluding hydrogens is 343 g/mol. The molecule has 0 unspecified atom stereocenters. The molecule has 122 valence electrons. The zero-order chi connectivity index (χ0) is 16.0. The van der Waals surface area contributed by atoms with Crippen molar-refractivity contribution < 1.29 is 4.79 Å². The van der Waals surface area contributed by atoms with E-state index in [0.717, 1.165) is 31.5 Å². The summed E-state index contributed by atoms with van der Waals surface area (Å²) >= 11 is 18.3. The van der Waals surface area contributed by atoms with Crippen LogP contribution in [0.25, 0.3) is 0 Å². The predicted molar refractivity (Wildman–Crippen MR) is 92.4 cm³/mol. The lowest BCUT2D eigenvalue weighted by atomic mass is 10.1. The number of likely N-dealkylation sites (tertiary alicyclic amines) is 1. The van der Waals surface area contributed by atoms with E-state index < -0.39 is 9.96 Å². The fourth-order valence-corrected chi connectivity index (χ4v) is 3.30. The largest absolute Gasteiger partial charge is 0.336 e. The Labute approximate surface area is 146 Å². The van der Waals surface area contributed by atoms with Gasteiger partial charge in [-0.2, -0.15) is 0 Å². The Hall–Kier alpha value is -0.480. The van der Waals surface area contributed by atoms with Crippen molar-refractivity contribution in [1.29, 1.82) is 0 Å². The number of rotatable bonds is 4. The highest BCUT2D eigenvalue weighted by Crippen LogP contribution is 2.33. The van der Waals surface area contributed by atoms with E-state index >= 15 is 0 Å². The van der Waals surface area contributed by atoms with Crippen LogP contribution in [-0.4, -0.2) is 33.9 Å². The molecule has 1 aromatic rings. The van der Waals surface area contributed by atoms with Crippen molar-refractivity contribution in [2.75, 3.05) is 13.1 Å². The highest BCUT2D eigenvalue weighted by molar-refractivity contribution is 6.68. The fourth-order valence-electron chi connectivity index (χ4n) is 2.72. The molecule has 1 N–H and O–H groups in total. The second kappa shape index (κ2) is 8.39. The Bertz CT molecular complexity index is 468. The third-order valence-electron chi connectivity index (χ3n) is 3.82. The lowest BCUT2D eigenvalue weighted by Gasteiger charge is -2.35. The molecule has 1 aliphatic heterocycles. The van der Waals surface area contributed by atoms with Gasteiger partial charge in [-0.1, -0.05) is 78.0 Å². The number of carbonyl (C=O) groups is 1. The number of hydrogen-bond donors (Lipinski definition) is 1. The van der Waals surface area contributed by atoms with E-state index in [2.05, 4.69) is 10.2 Å². The van der Waals surface area contributed by atoms with E-state index in [0.29, 0.717) is 0 Å². The van der Waals surface area contributed by atoms with Crippen molar-refractivity contribution in [2.45, 2.75) is 42.1 Å². The van der Waals surface area contributed by atoms with Crippen LogP contribution in [-0.2, 0) is 11.2 Å². The van der Waals surface area contributed by atoms with Gasteiger partial charge in [0, 0.05) is 13.1 Å². The van der Waals surface area contributed by atoms with Crippen LogP contribution >= 0.6 is 34.8 Å². The van der Waals surface area contributed by atoms with Gasteiger partial charge in [0.05, 0.1) is 6.42 Å². The van der Waals surface area contributed by atoms with Crippen LogP contribution < -0.4 is 5.32 Å². The minimum atomic E-state index is -1.54. The van der Waals surface area contributed by atoms with Crippen molar-refractivity contribution in [3.05, 3.63) is 35.9 Å². The van der Waals surface area contributed by atoms with Crippen LogP contribution in [0.4, 0.5) is 0 Å². The summed E-state index contributed by atoms with van der Waals surface area (Å²) in [7, 11) is 0. The first-order valence-corrected chi connectivity index (χ1v) is 8.74. The molecule has 1 amide bonds. The maximum absolute atomic E-state index is 12.3. The summed E-state index contributed by atoms with van der Waals surface area (Å²) in [5, 5.41) is 2.89. The second-order valence-corrected chi connectivity index (χ2v) is 7.99. The van der Waals surface area contributed by atoms with Crippen LogP contribution in [0.2, 0.25) is 0 Å². The molecule has 3 nitrogen and oxygen atoms in total.